The zero-order valence-electron chi connectivity index (χ0n) is 5.24. The van der Waals surface area contributed by atoms with Crippen molar-refractivity contribution < 1.29 is 4.39 Å². The smallest absolute Gasteiger partial charge is 0.171 e. The van der Waals surface area contributed by atoms with Crippen molar-refractivity contribution in [3.8, 4) is 0 Å². The van der Waals surface area contributed by atoms with Crippen molar-refractivity contribution in [3.63, 3.8) is 0 Å². The van der Waals surface area contributed by atoms with E-state index in [-0.39, 0.29) is 0 Å². The molecule has 0 N–H and O–H groups in total. The molecule has 2 fully saturated rings. The van der Waals surface area contributed by atoms with Crippen LogP contribution in [0.4, 0.5) is 4.39 Å². The summed E-state index contributed by atoms with van der Waals surface area (Å²) in [6, 6.07) is 0. The minimum atomic E-state index is -0.941. The Bertz CT molecular complexity index is 119. The van der Waals surface area contributed by atoms with Crippen LogP contribution in [-0.4, -0.2) is 4.58 Å². The average Bonchev–Trinajstić information content (AvgIpc) is 2.39. The lowest BCUT2D eigenvalue weighted by molar-refractivity contribution is 0.398. The number of fused-ring (bicyclic) bond motifs is 1. The second kappa shape index (κ2) is 1.71. The van der Waals surface area contributed by atoms with Gasteiger partial charge in [-0.1, -0.05) is 12.8 Å². The number of halogens is 2. The van der Waals surface area contributed by atoms with Gasteiger partial charge in [0.15, 0.2) is 4.58 Å². The van der Waals surface area contributed by atoms with Gasteiger partial charge in [0.1, 0.15) is 0 Å². The largest absolute Gasteiger partial charge is 0.231 e. The third-order valence-corrected chi connectivity index (χ3v) is 3.82. The highest BCUT2D eigenvalue weighted by atomic mass is 79.9. The van der Waals surface area contributed by atoms with Gasteiger partial charge >= 0.3 is 0 Å². The molecule has 0 spiro atoms. The molecule has 2 saturated carbocycles. The lowest BCUT2D eigenvalue weighted by atomic mass is 10.0. The fraction of sp³-hybridized carbons (Fsp3) is 1.00. The summed E-state index contributed by atoms with van der Waals surface area (Å²) in [6.07, 6.45) is 4.68. The summed E-state index contributed by atoms with van der Waals surface area (Å²) in [6.45, 7) is 0. The summed E-state index contributed by atoms with van der Waals surface area (Å²) in [5.41, 5.74) is 0. The van der Waals surface area contributed by atoms with E-state index in [9.17, 15) is 4.39 Å². The molecule has 0 heterocycles. The molecule has 2 aliphatic carbocycles. The highest BCUT2D eigenvalue weighted by molar-refractivity contribution is 9.10. The lowest BCUT2D eigenvalue weighted by Gasteiger charge is -2.03. The normalized spacial score (nSPS) is 56.7. The SMILES string of the molecule is FC1(Br)C2CCCCC21. The molecule has 0 aliphatic heterocycles. The van der Waals surface area contributed by atoms with Gasteiger partial charge in [0.2, 0.25) is 0 Å². The molecule has 0 nitrogen and oxygen atoms in total. The molecule has 0 radical (unpaired) electrons. The van der Waals surface area contributed by atoms with E-state index in [1.807, 2.05) is 0 Å². The van der Waals surface area contributed by atoms with Crippen LogP contribution in [0, 0.1) is 11.8 Å². The van der Waals surface area contributed by atoms with Gasteiger partial charge in [0, 0.05) is 11.8 Å². The molecule has 0 aromatic carbocycles. The van der Waals surface area contributed by atoms with Gasteiger partial charge < -0.3 is 0 Å². The number of alkyl halides is 2. The Hall–Kier alpha value is 0.410. The predicted octanol–water partition coefficient (Wildman–Crippen LogP) is 2.87. The van der Waals surface area contributed by atoms with Gasteiger partial charge in [0.05, 0.1) is 0 Å². The summed E-state index contributed by atoms with van der Waals surface area (Å²) in [4.78, 5) is 0. The summed E-state index contributed by atoms with van der Waals surface area (Å²) < 4.78 is 12.1. The van der Waals surface area contributed by atoms with Crippen molar-refractivity contribution in [1.29, 1.82) is 0 Å². The molecule has 9 heavy (non-hydrogen) atoms. The highest BCUT2D eigenvalue weighted by Gasteiger charge is 2.64. The minimum Gasteiger partial charge on any atom is -0.231 e. The van der Waals surface area contributed by atoms with E-state index >= 15 is 0 Å². The summed E-state index contributed by atoms with van der Waals surface area (Å²) in [7, 11) is 0. The van der Waals surface area contributed by atoms with Crippen LogP contribution in [0.1, 0.15) is 25.7 Å². The molecular weight excluding hydrogens is 183 g/mol. The Labute approximate surface area is 63.0 Å². The molecular formula is C7H10BrF. The van der Waals surface area contributed by atoms with Crippen molar-refractivity contribution in [3.05, 3.63) is 0 Å². The Balaban J connectivity index is 2.06. The van der Waals surface area contributed by atoms with Crippen molar-refractivity contribution in [1.82, 2.24) is 0 Å². The molecule has 2 atom stereocenters. The van der Waals surface area contributed by atoms with E-state index in [1.165, 1.54) is 12.8 Å². The Morgan fingerprint density at radius 3 is 2.00 bits per heavy atom. The van der Waals surface area contributed by atoms with Gasteiger partial charge in [-0.2, -0.15) is 0 Å². The van der Waals surface area contributed by atoms with Crippen molar-refractivity contribution >= 4 is 15.9 Å². The second-order valence-electron chi connectivity index (χ2n) is 3.17. The standard InChI is InChI=1S/C7H10BrF/c8-7(9)5-3-1-2-4-6(5)7/h5-6H,1-4H2. The van der Waals surface area contributed by atoms with E-state index in [4.69, 9.17) is 0 Å². The number of hydrogen-bond acceptors (Lipinski definition) is 0. The average molecular weight is 193 g/mol. The lowest BCUT2D eigenvalue weighted by Crippen LogP contribution is -1.91. The zero-order valence-corrected chi connectivity index (χ0v) is 6.83. The summed E-state index contributed by atoms with van der Waals surface area (Å²) in [5.74, 6) is 0.734. The van der Waals surface area contributed by atoms with Crippen molar-refractivity contribution in [2.45, 2.75) is 30.3 Å². The zero-order chi connectivity index (χ0) is 6.48. The Morgan fingerprint density at radius 2 is 1.67 bits per heavy atom. The fourth-order valence-electron chi connectivity index (χ4n) is 1.98. The van der Waals surface area contributed by atoms with E-state index < -0.39 is 4.58 Å². The van der Waals surface area contributed by atoms with Gasteiger partial charge in [-0.15, -0.1) is 0 Å². The van der Waals surface area contributed by atoms with E-state index in [0.29, 0.717) is 11.8 Å². The first-order valence-electron chi connectivity index (χ1n) is 3.61. The maximum Gasteiger partial charge on any atom is 0.171 e. The fourth-order valence-corrected chi connectivity index (χ4v) is 2.94. The molecule has 2 rings (SSSR count). The first kappa shape index (κ1) is 6.14. The van der Waals surface area contributed by atoms with Crippen molar-refractivity contribution in [2.24, 2.45) is 11.8 Å². The molecule has 0 bridgehead atoms. The predicted molar refractivity (Wildman–Crippen MR) is 38.2 cm³/mol. The number of hydrogen-bond donors (Lipinski definition) is 0. The molecule has 0 aromatic heterocycles. The van der Waals surface area contributed by atoms with E-state index in [1.54, 1.807) is 0 Å². The van der Waals surface area contributed by atoms with Crippen LogP contribution in [0.25, 0.3) is 0 Å². The van der Waals surface area contributed by atoms with Crippen LogP contribution in [0.5, 0.6) is 0 Å². The molecule has 52 valence electrons. The minimum absolute atomic E-state index is 0.367. The number of rotatable bonds is 0. The van der Waals surface area contributed by atoms with Crippen LogP contribution in [0.15, 0.2) is 0 Å². The molecule has 2 heteroatoms. The van der Waals surface area contributed by atoms with Crippen LogP contribution in [0.3, 0.4) is 0 Å². The van der Waals surface area contributed by atoms with E-state index in [2.05, 4.69) is 15.9 Å². The Morgan fingerprint density at radius 1 is 1.22 bits per heavy atom. The van der Waals surface area contributed by atoms with Gasteiger partial charge in [-0.05, 0) is 28.8 Å². The van der Waals surface area contributed by atoms with Crippen LogP contribution in [0.2, 0.25) is 0 Å². The maximum atomic E-state index is 13.1. The van der Waals surface area contributed by atoms with Gasteiger partial charge in [-0.3, -0.25) is 0 Å². The third-order valence-electron chi connectivity index (χ3n) is 2.65. The second-order valence-corrected chi connectivity index (χ2v) is 4.39. The summed E-state index contributed by atoms with van der Waals surface area (Å²) >= 11 is 3.11. The molecule has 0 saturated heterocycles. The van der Waals surface area contributed by atoms with Gasteiger partial charge in [-0.25, -0.2) is 4.39 Å². The first-order chi connectivity index (χ1) is 4.23. The highest BCUT2D eigenvalue weighted by Crippen LogP contribution is 2.64. The quantitative estimate of drug-likeness (QED) is 0.519. The van der Waals surface area contributed by atoms with Gasteiger partial charge in [0.25, 0.3) is 0 Å². The monoisotopic (exact) mass is 192 g/mol. The summed E-state index contributed by atoms with van der Waals surface area (Å²) in [5, 5.41) is 0. The van der Waals surface area contributed by atoms with Crippen LogP contribution < -0.4 is 0 Å². The topological polar surface area (TPSA) is 0 Å². The van der Waals surface area contributed by atoms with Crippen LogP contribution >= 0.6 is 15.9 Å². The first-order valence-corrected chi connectivity index (χ1v) is 4.40. The van der Waals surface area contributed by atoms with Crippen LogP contribution in [-0.2, 0) is 0 Å². The maximum absolute atomic E-state index is 13.1. The third kappa shape index (κ3) is 0.754. The van der Waals surface area contributed by atoms with Crippen molar-refractivity contribution in [2.75, 3.05) is 0 Å². The van der Waals surface area contributed by atoms with E-state index in [0.717, 1.165) is 12.8 Å². The molecule has 0 aromatic rings. The molecule has 2 unspecified atom stereocenters. The molecule has 2 aliphatic rings. The molecule has 0 amide bonds. The Kier molecular flexibility index (Phi) is 1.17.